The van der Waals surface area contributed by atoms with Crippen molar-refractivity contribution in [2.75, 3.05) is 45.8 Å². The SMILES string of the molecule is O=C(C1CCN(Cc2ccccc2)CC1)N1CCN(CC=Cc2ccccc2)CC1. The molecule has 0 N–H and O–H groups in total. The molecular formula is C26H33N3O. The van der Waals surface area contributed by atoms with Gasteiger partial charge in [-0.05, 0) is 37.1 Å². The molecule has 2 heterocycles. The number of carbonyl (C=O) groups is 1. The van der Waals surface area contributed by atoms with E-state index >= 15 is 0 Å². The lowest BCUT2D eigenvalue weighted by molar-refractivity contribution is -0.138. The Morgan fingerprint density at radius 3 is 2.10 bits per heavy atom. The first kappa shape index (κ1) is 20.8. The van der Waals surface area contributed by atoms with E-state index in [1.165, 1.54) is 11.1 Å². The molecule has 4 nitrogen and oxygen atoms in total. The van der Waals surface area contributed by atoms with Gasteiger partial charge in [-0.2, -0.15) is 0 Å². The average molecular weight is 404 g/mol. The maximum absolute atomic E-state index is 13.0. The van der Waals surface area contributed by atoms with Crippen LogP contribution in [0.2, 0.25) is 0 Å². The van der Waals surface area contributed by atoms with Crippen LogP contribution in [0.1, 0.15) is 24.0 Å². The van der Waals surface area contributed by atoms with Crippen LogP contribution in [0.4, 0.5) is 0 Å². The third-order valence-corrected chi connectivity index (χ3v) is 6.34. The van der Waals surface area contributed by atoms with E-state index in [9.17, 15) is 4.79 Å². The zero-order chi connectivity index (χ0) is 20.6. The zero-order valence-corrected chi connectivity index (χ0v) is 17.8. The minimum atomic E-state index is 0.210. The van der Waals surface area contributed by atoms with Crippen molar-refractivity contribution in [3.8, 4) is 0 Å². The molecule has 2 fully saturated rings. The van der Waals surface area contributed by atoms with Gasteiger partial charge in [0.05, 0.1) is 0 Å². The maximum atomic E-state index is 13.0. The van der Waals surface area contributed by atoms with E-state index in [0.29, 0.717) is 5.91 Å². The molecule has 2 aromatic carbocycles. The summed E-state index contributed by atoms with van der Waals surface area (Å²) in [4.78, 5) is 20.0. The van der Waals surface area contributed by atoms with Crippen LogP contribution < -0.4 is 0 Å². The Kier molecular flexibility index (Phi) is 7.33. The molecule has 2 aliphatic heterocycles. The van der Waals surface area contributed by atoms with Gasteiger partial charge in [-0.1, -0.05) is 72.8 Å². The second kappa shape index (κ2) is 10.6. The number of hydrogen-bond acceptors (Lipinski definition) is 3. The number of likely N-dealkylation sites (tertiary alicyclic amines) is 1. The Balaban J connectivity index is 1.17. The standard InChI is InChI=1S/C26H33N3O/c30-26(25-13-16-28(17-14-25)22-24-10-5-2-6-11-24)29-20-18-27(19-21-29)15-7-12-23-8-3-1-4-9-23/h1-12,25H,13-22H2. The van der Waals surface area contributed by atoms with Gasteiger partial charge in [0.1, 0.15) is 0 Å². The molecule has 0 aliphatic carbocycles. The van der Waals surface area contributed by atoms with Gasteiger partial charge in [0.2, 0.25) is 5.91 Å². The summed E-state index contributed by atoms with van der Waals surface area (Å²) < 4.78 is 0. The van der Waals surface area contributed by atoms with Crippen LogP contribution in [0.3, 0.4) is 0 Å². The van der Waals surface area contributed by atoms with Gasteiger partial charge < -0.3 is 4.90 Å². The van der Waals surface area contributed by atoms with Crippen LogP contribution in [-0.4, -0.2) is 66.4 Å². The molecule has 4 rings (SSSR count). The van der Waals surface area contributed by atoms with E-state index < -0.39 is 0 Å². The van der Waals surface area contributed by atoms with Gasteiger partial charge in [-0.15, -0.1) is 0 Å². The fourth-order valence-electron chi connectivity index (χ4n) is 4.49. The predicted octanol–water partition coefficient (Wildman–Crippen LogP) is 3.76. The minimum absolute atomic E-state index is 0.210. The summed E-state index contributed by atoms with van der Waals surface area (Å²) in [5.74, 6) is 0.593. The summed E-state index contributed by atoms with van der Waals surface area (Å²) in [5, 5.41) is 0. The topological polar surface area (TPSA) is 26.8 Å². The van der Waals surface area contributed by atoms with Gasteiger partial charge >= 0.3 is 0 Å². The Labute approximate surface area is 180 Å². The predicted molar refractivity (Wildman–Crippen MR) is 123 cm³/mol. The first-order chi connectivity index (χ1) is 14.8. The lowest BCUT2D eigenvalue weighted by Crippen LogP contribution is -2.51. The number of benzene rings is 2. The van der Waals surface area contributed by atoms with Crippen LogP contribution in [0, 0.1) is 5.92 Å². The quantitative estimate of drug-likeness (QED) is 0.735. The van der Waals surface area contributed by atoms with Crippen LogP contribution in [0.25, 0.3) is 6.08 Å². The number of nitrogens with zero attached hydrogens (tertiary/aromatic N) is 3. The van der Waals surface area contributed by atoms with Gasteiger partial charge in [0.15, 0.2) is 0 Å². The molecule has 0 unspecified atom stereocenters. The van der Waals surface area contributed by atoms with Gasteiger partial charge in [-0.25, -0.2) is 0 Å². The van der Waals surface area contributed by atoms with Crippen molar-refractivity contribution in [3.05, 3.63) is 77.9 Å². The van der Waals surface area contributed by atoms with Crippen molar-refractivity contribution in [1.82, 2.24) is 14.7 Å². The van der Waals surface area contributed by atoms with Crippen molar-refractivity contribution in [3.63, 3.8) is 0 Å². The van der Waals surface area contributed by atoms with Gasteiger partial charge in [0.25, 0.3) is 0 Å². The first-order valence-corrected chi connectivity index (χ1v) is 11.3. The summed E-state index contributed by atoms with van der Waals surface area (Å²) in [7, 11) is 0. The third kappa shape index (κ3) is 5.80. The molecule has 2 aliphatic rings. The number of rotatable bonds is 6. The summed E-state index contributed by atoms with van der Waals surface area (Å²) in [6.07, 6.45) is 6.40. The highest BCUT2D eigenvalue weighted by Gasteiger charge is 2.30. The second-order valence-corrected chi connectivity index (χ2v) is 8.47. The Bertz CT molecular complexity index is 805. The summed E-state index contributed by atoms with van der Waals surface area (Å²) in [5.41, 5.74) is 2.60. The summed E-state index contributed by atoms with van der Waals surface area (Å²) in [6, 6.07) is 21.1. The summed E-state index contributed by atoms with van der Waals surface area (Å²) in [6.45, 7) is 7.66. The summed E-state index contributed by atoms with van der Waals surface area (Å²) >= 11 is 0. The molecule has 0 aromatic heterocycles. The monoisotopic (exact) mass is 403 g/mol. The highest BCUT2D eigenvalue weighted by atomic mass is 16.2. The number of amides is 1. The van der Waals surface area contributed by atoms with Crippen LogP contribution in [0.5, 0.6) is 0 Å². The second-order valence-electron chi connectivity index (χ2n) is 8.47. The van der Waals surface area contributed by atoms with Crippen molar-refractivity contribution < 1.29 is 4.79 Å². The Morgan fingerprint density at radius 1 is 0.800 bits per heavy atom. The molecule has 1 amide bonds. The lowest BCUT2D eigenvalue weighted by Gasteiger charge is -2.38. The molecule has 0 radical (unpaired) electrons. The molecular weight excluding hydrogens is 370 g/mol. The fourth-order valence-corrected chi connectivity index (χ4v) is 4.49. The van der Waals surface area contributed by atoms with E-state index in [4.69, 9.17) is 0 Å². The first-order valence-electron chi connectivity index (χ1n) is 11.3. The molecule has 0 saturated carbocycles. The fraction of sp³-hybridized carbons (Fsp3) is 0.423. The van der Waals surface area contributed by atoms with Crippen molar-refractivity contribution in [2.45, 2.75) is 19.4 Å². The van der Waals surface area contributed by atoms with E-state index in [0.717, 1.165) is 65.2 Å². The average Bonchev–Trinajstić information content (AvgIpc) is 2.81. The van der Waals surface area contributed by atoms with Gasteiger partial charge in [-0.3, -0.25) is 14.6 Å². The van der Waals surface area contributed by atoms with E-state index in [1.807, 2.05) is 6.07 Å². The zero-order valence-electron chi connectivity index (χ0n) is 17.8. The number of piperazine rings is 1. The largest absolute Gasteiger partial charge is 0.340 e. The minimum Gasteiger partial charge on any atom is -0.340 e. The highest BCUT2D eigenvalue weighted by molar-refractivity contribution is 5.79. The van der Waals surface area contributed by atoms with Crippen molar-refractivity contribution in [1.29, 1.82) is 0 Å². The van der Waals surface area contributed by atoms with Crippen molar-refractivity contribution >= 4 is 12.0 Å². The smallest absolute Gasteiger partial charge is 0.225 e. The molecule has 30 heavy (non-hydrogen) atoms. The lowest BCUT2D eigenvalue weighted by atomic mass is 9.94. The Hall–Kier alpha value is -2.43. The van der Waals surface area contributed by atoms with Crippen LogP contribution in [-0.2, 0) is 11.3 Å². The third-order valence-electron chi connectivity index (χ3n) is 6.34. The van der Waals surface area contributed by atoms with Crippen LogP contribution in [0.15, 0.2) is 66.7 Å². The molecule has 158 valence electrons. The number of carbonyl (C=O) groups excluding carboxylic acids is 1. The Morgan fingerprint density at radius 2 is 1.43 bits per heavy atom. The maximum Gasteiger partial charge on any atom is 0.225 e. The number of hydrogen-bond donors (Lipinski definition) is 0. The molecule has 0 spiro atoms. The molecule has 2 saturated heterocycles. The van der Waals surface area contributed by atoms with Crippen LogP contribution >= 0.6 is 0 Å². The molecule has 2 aromatic rings. The normalized spacial score (nSPS) is 19.4. The van der Waals surface area contributed by atoms with E-state index in [1.54, 1.807) is 0 Å². The van der Waals surface area contributed by atoms with E-state index in [2.05, 4.69) is 81.4 Å². The molecule has 0 bridgehead atoms. The van der Waals surface area contributed by atoms with Gasteiger partial charge in [0, 0.05) is 45.2 Å². The van der Waals surface area contributed by atoms with Crippen molar-refractivity contribution in [2.24, 2.45) is 5.92 Å². The number of piperidine rings is 1. The molecule has 0 atom stereocenters. The van der Waals surface area contributed by atoms with E-state index in [-0.39, 0.29) is 5.92 Å². The molecule has 4 heteroatoms. The highest BCUT2D eigenvalue weighted by Crippen LogP contribution is 2.22.